The van der Waals surface area contributed by atoms with Crippen LogP contribution in [0.3, 0.4) is 0 Å². The molecule has 0 heterocycles. The van der Waals surface area contributed by atoms with Crippen LogP contribution in [0.2, 0.25) is 0 Å². The van der Waals surface area contributed by atoms with Crippen molar-refractivity contribution in [1.82, 2.24) is 0 Å². The molecule has 0 saturated carbocycles. The van der Waals surface area contributed by atoms with Crippen molar-refractivity contribution in [2.75, 3.05) is 21.3 Å². The second kappa shape index (κ2) is 10.6. The molecular formula is C23H25NO6Si. The summed E-state index contributed by atoms with van der Waals surface area (Å²) in [6.07, 6.45) is 0. The van der Waals surface area contributed by atoms with Crippen LogP contribution in [-0.2, 0) is 11.0 Å². The molecule has 0 amide bonds. The summed E-state index contributed by atoms with van der Waals surface area (Å²) in [6.45, 7) is 0.0439. The normalized spacial score (nSPS) is 11.1. The van der Waals surface area contributed by atoms with Gasteiger partial charge in [-0.05, 0) is 11.1 Å². The van der Waals surface area contributed by atoms with Crippen LogP contribution in [0.15, 0.2) is 66.7 Å². The molecule has 8 heteroatoms. The molecule has 0 unspecified atom stereocenters. The third kappa shape index (κ3) is 5.04. The number of nitrogens with zero attached hydrogens (tertiary/aromatic N) is 1. The predicted octanol–water partition coefficient (Wildman–Crippen LogP) is 4.01. The fourth-order valence-electron chi connectivity index (χ4n) is 3.54. The number of hydrogen-bond acceptors (Lipinski definition) is 6. The minimum atomic E-state index is -1.16. The van der Waals surface area contributed by atoms with Crippen LogP contribution in [0.5, 0.6) is 17.2 Å². The minimum absolute atomic E-state index is 0.0439. The Morgan fingerprint density at radius 1 is 0.871 bits per heavy atom. The fourth-order valence-corrected chi connectivity index (χ4v) is 5.03. The van der Waals surface area contributed by atoms with Crippen LogP contribution in [0, 0.1) is 10.1 Å². The SMILES string of the molecule is COc1cc([N+](=O)[O-])c(CO[SiH2]C(c2ccccc2)c2ccccc2)c(OC)c1OC. The third-order valence-electron chi connectivity index (χ3n) is 5.04. The zero-order valence-corrected chi connectivity index (χ0v) is 19.2. The van der Waals surface area contributed by atoms with Gasteiger partial charge in [-0.1, -0.05) is 60.7 Å². The van der Waals surface area contributed by atoms with E-state index >= 15 is 0 Å². The summed E-state index contributed by atoms with van der Waals surface area (Å²) >= 11 is 0. The average molecular weight is 440 g/mol. The molecule has 0 fully saturated rings. The van der Waals surface area contributed by atoms with Crippen molar-refractivity contribution in [3.8, 4) is 17.2 Å². The van der Waals surface area contributed by atoms with Crippen LogP contribution in [-0.4, -0.2) is 36.0 Å². The monoisotopic (exact) mass is 439 g/mol. The van der Waals surface area contributed by atoms with Crippen molar-refractivity contribution < 1.29 is 23.6 Å². The van der Waals surface area contributed by atoms with Crippen molar-refractivity contribution in [2.45, 2.75) is 12.1 Å². The molecule has 3 aromatic carbocycles. The number of nitro groups is 1. The molecule has 31 heavy (non-hydrogen) atoms. The molecule has 0 aliphatic heterocycles. The lowest BCUT2D eigenvalue weighted by molar-refractivity contribution is -0.386. The van der Waals surface area contributed by atoms with Gasteiger partial charge in [0.05, 0.1) is 38.9 Å². The van der Waals surface area contributed by atoms with Gasteiger partial charge < -0.3 is 18.6 Å². The lowest BCUT2D eigenvalue weighted by Crippen LogP contribution is -2.14. The number of rotatable bonds is 10. The Morgan fingerprint density at radius 2 is 1.42 bits per heavy atom. The first-order chi connectivity index (χ1) is 15.1. The molecule has 7 nitrogen and oxygen atoms in total. The van der Waals surface area contributed by atoms with E-state index in [4.69, 9.17) is 18.6 Å². The van der Waals surface area contributed by atoms with E-state index in [1.807, 2.05) is 36.4 Å². The summed E-state index contributed by atoms with van der Waals surface area (Å²) in [6, 6.07) is 21.6. The van der Waals surface area contributed by atoms with E-state index in [1.165, 1.54) is 27.4 Å². The summed E-state index contributed by atoms with van der Waals surface area (Å²) in [7, 11) is 3.17. The third-order valence-corrected chi connectivity index (χ3v) is 6.76. The summed E-state index contributed by atoms with van der Waals surface area (Å²) in [5.74, 6) is 0.788. The van der Waals surface area contributed by atoms with E-state index < -0.39 is 14.7 Å². The Labute approximate surface area is 183 Å². The highest BCUT2D eigenvalue weighted by Crippen LogP contribution is 2.45. The number of nitro benzene ring substituents is 1. The van der Waals surface area contributed by atoms with Gasteiger partial charge in [0.25, 0.3) is 5.69 Å². The van der Waals surface area contributed by atoms with Crippen molar-refractivity contribution in [1.29, 1.82) is 0 Å². The summed E-state index contributed by atoms with van der Waals surface area (Å²) < 4.78 is 22.2. The van der Waals surface area contributed by atoms with Gasteiger partial charge >= 0.3 is 0 Å². The molecular weight excluding hydrogens is 414 g/mol. The second-order valence-corrected chi connectivity index (χ2v) is 8.35. The van der Waals surface area contributed by atoms with Gasteiger partial charge in [-0.2, -0.15) is 0 Å². The Bertz CT molecular complexity index is 974. The molecule has 3 aromatic rings. The molecule has 0 aromatic heterocycles. The number of methoxy groups -OCH3 is 3. The van der Waals surface area contributed by atoms with Crippen LogP contribution in [0.25, 0.3) is 0 Å². The van der Waals surface area contributed by atoms with E-state index in [2.05, 4.69) is 24.3 Å². The first-order valence-corrected chi connectivity index (χ1v) is 11.1. The lowest BCUT2D eigenvalue weighted by atomic mass is 10.0. The highest BCUT2D eigenvalue weighted by Gasteiger charge is 2.27. The van der Waals surface area contributed by atoms with Gasteiger partial charge in [0.15, 0.2) is 21.3 Å². The average Bonchev–Trinajstić information content (AvgIpc) is 2.81. The summed E-state index contributed by atoms with van der Waals surface area (Å²) in [4.78, 5) is 11.2. The number of benzene rings is 3. The molecule has 3 rings (SSSR count). The highest BCUT2D eigenvalue weighted by atomic mass is 28.2. The Morgan fingerprint density at radius 3 is 1.87 bits per heavy atom. The maximum atomic E-state index is 11.7. The molecule has 0 aliphatic carbocycles. The topological polar surface area (TPSA) is 80.1 Å². The first kappa shape index (κ1) is 22.3. The predicted molar refractivity (Wildman–Crippen MR) is 121 cm³/mol. The van der Waals surface area contributed by atoms with Crippen LogP contribution < -0.4 is 14.2 Å². The van der Waals surface area contributed by atoms with E-state index in [0.29, 0.717) is 11.3 Å². The number of hydrogen-bond donors (Lipinski definition) is 0. The van der Waals surface area contributed by atoms with E-state index in [9.17, 15) is 10.1 Å². The molecule has 0 N–H and O–H groups in total. The van der Waals surface area contributed by atoms with Crippen LogP contribution >= 0.6 is 0 Å². The standard InChI is InChI=1S/C23H25NO6Si/c1-27-20-14-19(24(25)26)18(21(28-2)22(20)29-3)15-30-31-23(16-10-6-4-7-11-16)17-12-8-5-9-13-17/h4-14,23H,15,31H2,1-3H3. The van der Waals surface area contributed by atoms with Gasteiger partial charge in [0.1, 0.15) is 5.56 Å². The van der Waals surface area contributed by atoms with E-state index in [-0.39, 0.29) is 29.3 Å². The van der Waals surface area contributed by atoms with Gasteiger partial charge in [-0.3, -0.25) is 10.1 Å². The zero-order valence-electron chi connectivity index (χ0n) is 17.7. The van der Waals surface area contributed by atoms with Gasteiger partial charge in [-0.15, -0.1) is 0 Å². The largest absolute Gasteiger partial charge is 0.492 e. The van der Waals surface area contributed by atoms with Gasteiger partial charge in [0.2, 0.25) is 5.75 Å². The zero-order chi connectivity index (χ0) is 22.2. The second-order valence-electron chi connectivity index (χ2n) is 6.79. The molecule has 0 atom stereocenters. The molecule has 0 spiro atoms. The fraction of sp³-hybridized carbons (Fsp3) is 0.217. The molecule has 0 radical (unpaired) electrons. The van der Waals surface area contributed by atoms with Crippen molar-refractivity contribution in [2.24, 2.45) is 0 Å². The Kier molecular flexibility index (Phi) is 7.63. The quantitative estimate of drug-likeness (QED) is 0.270. The molecule has 162 valence electrons. The summed E-state index contributed by atoms with van der Waals surface area (Å²) in [5, 5.41) is 11.7. The number of ether oxygens (including phenoxy) is 3. The summed E-state index contributed by atoms with van der Waals surface area (Å²) in [5.41, 5.74) is 2.65. The Hall–Kier alpha value is -3.36. The highest BCUT2D eigenvalue weighted by molar-refractivity contribution is 6.31. The molecule has 0 aliphatic rings. The lowest BCUT2D eigenvalue weighted by Gasteiger charge is -2.19. The van der Waals surface area contributed by atoms with Crippen molar-refractivity contribution in [3.05, 3.63) is 93.5 Å². The van der Waals surface area contributed by atoms with Crippen molar-refractivity contribution in [3.63, 3.8) is 0 Å². The molecule has 0 bridgehead atoms. The Balaban J connectivity index is 1.91. The van der Waals surface area contributed by atoms with Crippen LogP contribution in [0.4, 0.5) is 5.69 Å². The van der Waals surface area contributed by atoms with Gasteiger partial charge in [0, 0.05) is 5.54 Å². The molecule has 0 saturated heterocycles. The smallest absolute Gasteiger partial charge is 0.282 e. The minimum Gasteiger partial charge on any atom is -0.492 e. The van der Waals surface area contributed by atoms with Crippen LogP contribution in [0.1, 0.15) is 22.2 Å². The van der Waals surface area contributed by atoms with E-state index in [1.54, 1.807) is 0 Å². The maximum absolute atomic E-state index is 11.7. The van der Waals surface area contributed by atoms with Crippen molar-refractivity contribution >= 4 is 15.5 Å². The maximum Gasteiger partial charge on any atom is 0.282 e. The van der Waals surface area contributed by atoms with Gasteiger partial charge in [-0.25, -0.2) is 0 Å². The first-order valence-electron chi connectivity index (χ1n) is 9.74. The van der Waals surface area contributed by atoms with E-state index in [0.717, 1.165) is 11.1 Å².